The van der Waals surface area contributed by atoms with Crippen LogP contribution in [0, 0.1) is 6.92 Å². The molecule has 34 heavy (non-hydrogen) atoms. The summed E-state index contributed by atoms with van der Waals surface area (Å²) in [7, 11) is 0. The summed E-state index contributed by atoms with van der Waals surface area (Å²) < 4.78 is 7.76. The van der Waals surface area contributed by atoms with Gasteiger partial charge < -0.3 is 20.5 Å². The average Bonchev–Trinajstić information content (AvgIpc) is 3.49. The van der Waals surface area contributed by atoms with E-state index in [1.807, 2.05) is 43.5 Å². The molecule has 0 saturated carbocycles. The van der Waals surface area contributed by atoms with E-state index in [2.05, 4.69) is 40.6 Å². The molecule has 3 N–H and O–H groups in total. The molecular formula is C23H23N9O2. The normalized spacial score (nSPS) is 19.7. The number of fused-ring (bicyclic) bond motifs is 2. The number of β-amino-alcohol motifs (C(OH)–C–C–N with tert-alkyl or cyclic N) is 1. The summed E-state index contributed by atoms with van der Waals surface area (Å²) in [5.74, 6) is 2.10. The Morgan fingerprint density at radius 1 is 1.15 bits per heavy atom. The molecule has 2 atom stereocenters. The monoisotopic (exact) mass is 457 g/mol. The first-order chi connectivity index (χ1) is 16.6. The summed E-state index contributed by atoms with van der Waals surface area (Å²) in [6.07, 6.45) is 6.77. The Labute approximate surface area is 195 Å². The summed E-state index contributed by atoms with van der Waals surface area (Å²) in [5.41, 5.74) is 4.06. The lowest BCUT2D eigenvalue weighted by atomic mass is 10.2. The summed E-state index contributed by atoms with van der Waals surface area (Å²) >= 11 is 0. The topological polar surface area (TPSA) is 125 Å². The fourth-order valence-corrected chi connectivity index (χ4v) is 4.18. The highest BCUT2D eigenvalue weighted by molar-refractivity contribution is 5.92. The van der Waals surface area contributed by atoms with Crippen molar-refractivity contribution in [1.82, 2.24) is 29.5 Å². The van der Waals surface area contributed by atoms with Crippen molar-refractivity contribution < 1.29 is 9.84 Å². The zero-order valence-corrected chi connectivity index (χ0v) is 18.5. The molecule has 11 heteroatoms. The predicted octanol–water partition coefficient (Wildman–Crippen LogP) is 2.56. The molecule has 6 rings (SSSR count). The fourth-order valence-electron chi connectivity index (χ4n) is 4.18. The zero-order valence-electron chi connectivity index (χ0n) is 18.5. The second kappa shape index (κ2) is 8.36. The van der Waals surface area contributed by atoms with E-state index in [1.54, 1.807) is 10.7 Å². The van der Waals surface area contributed by atoms with E-state index in [0.717, 1.165) is 41.3 Å². The van der Waals surface area contributed by atoms with Crippen molar-refractivity contribution in [1.29, 1.82) is 0 Å². The van der Waals surface area contributed by atoms with Gasteiger partial charge in [0, 0.05) is 31.0 Å². The minimum atomic E-state index is -0.315. The van der Waals surface area contributed by atoms with Gasteiger partial charge in [-0.25, -0.2) is 19.5 Å². The van der Waals surface area contributed by atoms with Crippen LogP contribution in [0.5, 0.6) is 11.5 Å². The van der Waals surface area contributed by atoms with Crippen LogP contribution in [0.4, 0.5) is 17.2 Å². The Bertz CT molecular complexity index is 1390. The molecule has 172 valence electrons. The zero-order chi connectivity index (χ0) is 23.1. The van der Waals surface area contributed by atoms with Gasteiger partial charge in [-0.1, -0.05) is 0 Å². The van der Waals surface area contributed by atoms with Crippen LogP contribution in [0.15, 0.2) is 54.2 Å². The SMILES string of the molecule is Cc1cc(Nc2ncnc3c2NC(N2CCC(O)C2)N=C3)ccc1Oc1ccn2ncnc2c1. The highest BCUT2D eigenvalue weighted by atomic mass is 16.5. The van der Waals surface area contributed by atoms with Gasteiger partial charge in [-0.05, 0) is 43.2 Å². The molecule has 0 aliphatic carbocycles. The Morgan fingerprint density at radius 2 is 2.09 bits per heavy atom. The van der Waals surface area contributed by atoms with Crippen LogP contribution in [-0.2, 0) is 0 Å². The number of nitrogens with zero attached hydrogens (tertiary/aromatic N) is 7. The summed E-state index contributed by atoms with van der Waals surface area (Å²) in [4.78, 5) is 19.6. The lowest BCUT2D eigenvalue weighted by Crippen LogP contribution is -2.40. The number of anilines is 3. The number of aryl methyl sites for hydroxylation is 1. The number of hydrogen-bond acceptors (Lipinski definition) is 10. The molecule has 1 saturated heterocycles. The third-order valence-electron chi connectivity index (χ3n) is 5.95. The summed E-state index contributed by atoms with van der Waals surface area (Å²) in [6, 6.07) is 9.56. The molecular weight excluding hydrogens is 434 g/mol. The molecule has 2 unspecified atom stereocenters. The number of aliphatic hydroxyl groups is 1. The van der Waals surface area contributed by atoms with Gasteiger partial charge in [0.05, 0.1) is 12.3 Å². The largest absolute Gasteiger partial charge is 0.457 e. The van der Waals surface area contributed by atoms with Crippen LogP contribution in [0.1, 0.15) is 17.7 Å². The Kier molecular flexibility index (Phi) is 5.04. The van der Waals surface area contributed by atoms with Gasteiger partial charge in [0.2, 0.25) is 0 Å². The standard InChI is InChI=1S/C23H23N9O2/c1-14-8-15(2-3-19(14)34-17-5-7-32-20(9-17)26-13-28-32)29-22-21-18(25-12-27-22)10-24-23(30-21)31-6-4-16(33)11-31/h2-3,5,7-10,12-13,16,23,30,33H,4,6,11H2,1H3,(H,25,27,29). The van der Waals surface area contributed by atoms with E-state index >= 15 is 0 Å². The van der Waals surface area contributed by atoms with Crippen LogP contribution in [0.3, 0.4) is 0 Å². The number of ether oxygens (including phenoxy) is 1. The highest BCUT2D eigenvalue weighted by Gasteiger charge is 2.29. The van der Waals surface area contributed by atoms with Gasteiger partial charge in [-0.15, -0.1) is 0 Å². The molecule has 2 aliphatic heterocycles. The molecule has 1 fully saturated rings. The number of nitrogens with one attached hydrogen (secondary N) is 2. The van der Waals surface area contributed by atoms with E-state index in [1.165, 1.54) is 12.7 Å². The summed E-state index contributed by atoms with van der Waals surface area (Å²) in [5, 5.41) is 20.8. The molecule has 11 nitrogen and oxygen atoms in total. The van der Waals surface area contributed by atoms with Gasteiger partial charge in [0.1, 0.15) is 35.5 Å². The molecule has 0 spiro atoms. The molecule has 0 bridgehead atoms. The van der Waals surface area contributed by atoms with E-state index < -0.39 is 0 Å². The van der Waals surface area contributed by atoms with Crippen molar-refractivity contribution >= 4 is 29.1 Å². The van der Waals surface area contributed by atoms with Crippen molar-refractivity contribution in [2.75, 3.05) is 23.7 Å². The number of rotatable bonds is 5. The van der Waals surface area contributed by atoms with E-state index in [4.69, 9.17) is 4.74 Å². The van der Waals surface area contributed by atoms with Crippen molar-refractivity contribution in [3.63, 3.8) is 0 Å². The molecule has 5 heterocycles. The first-order valence-electron chi connectivity index (χ1n) is 11.0. The van der Waals surface area contributed by atoms with Gasteiger partial charge in [0.25, 0.3) is 0 Å². The molecule has 3 aromatic heterocycles. The number of benzene rings is 1. The molecule has 2 aliphatic rings. The van der Waals surface area contributed by atoms with Crippen LogP contribution in [0.2, 0.25) is 0 Å². The highest BCUT2D eigenvalue weighted by Crippen LogP contribution is 2.32. The smallest absolute Gasteiger partial charge is 0.176 e. The Morgan fingerprint density at radius 3 is 2.94 bits per heavy atom. The van der Waals surface area contributed by atoms with Crippen molar-refractivity contribution in [3.05, 3.63) is 60.4 Å². The minimum Gasteiger partial charge on any atom is -0.457 e. The Hall–Kier alpha value is -4.09. The molecule has 0 amide bonds. The van der Waals surface area contributed by atoms with Gasteiger partial charge >= 0.3 is 0 Å². The first kappa shape index (κ1) is 20.5. The minimum absolute atomic E-state index is 0.253. The van der Waals surface area contributed by atoms with Crippen molar-refractivity contribution in [2.24, 2.45) is 4.99 Å². The number of pyridine rings is 1. The van der Waals surface area contributed by atoms with E-state index in [-0.39, 0.29) is 12.4 Å². The number of hydrogen-bond donors (Lipinski definition) is 3. The lowest BCUT2D eigenvalue weighted by Gasteiger charge is -2.29. The maximum absolute atomic E-state index is 9.88. The quantitative estimate of drug-likeness (QED) is 0.415. The fraction of sp³-hybridized carbons (Fsp3) is 0.261. The lowest BCUT2D eigenvalue weighted by molar-refractivity contribution is 0.166. The Balaban J connectivity index is 1.20. The summed E-state index contributed by atoms with van der Waals surface area (Å²) in [6.45, 7) is 3.36. The van der Waals surface area contributed by atoms with Crippen LogP contribution in [-0.4, -0.2) is 66.3 Å². The number of likely N-dealkylation sites (tertiary alicyclic amines) is 1. The number of aliphatic imine (C=N–C) groups is 1. The maximum Gasteiger partial charge on any atom is 0.176 e. The van der Waals surface area contributed by atoms with E-state index in [9.17, 15) is 5.11 Å². The molecule has 1 aromatic carbocycles. The van der Waals surface area contributed by atoms with Gasteiger partial charge in [-0.3, -0.25) is 9.89 Å². The third kappa shape index (κ3) is 3.91. The first-order valence-corrected chi connectivity index (χ1v) is 11.0. The van der Waals surface area contributed by atoms with Crippen molar-refractivity contribution in [2.45, 2.75) is 25.7 Å². The van der Waals surface area contributed by atoms with Gasteiger partial charge in [-0.2, -0.15) is 5.10 Å². The van der Waals surface area contributed by atoms with E-state index in [0.29, 0.717) is 23.8 Å². The van der Waals surface area contributed by atoms with Gasteiger partial charge in [0.15, 0.2) is 17.8 Å². The second-order valence-corrected chi connectivity index (χ2v) is 8.35. The van der Waals surface area contributed by atoms with Crippen molar-refractivity contribution in [3.8, 4) is 11.5 Å². The average molecular weight is 457 g/mol. The van der Waals surface area contributed by atoms with Crippen LogP contribution < -0.4 is 15.4 Å². The predicted molar refractivity (Wildman–Crippen MR) is 127 cm³/mol. The number of aliphatic hydroxyl groups excluding tert-OH is 1. The molecule has 4 aromatic rings. The molecule has 0 radical (unpaired) electrons. The van der Waals surface area contributed by atoms with Crippen LogP contribution >= 0.6 is 0 Å². The number of aromatic nitrogens is 5. The third-order valence-corrected chi connectivity index (χ3v) is 5.95. The maximum atomic E-state index is 9.88. The second-order valence-electron chi connectivity index (χ2n) is 8.35. The van der Waals surface area contributed by atoms with Crippen LogP contribution in [0.25, 0.3) is 5.65 Å².